The Bertz CT molecular complexity index is 637. The molecule has 0 saturated carbocycles. The molecule has 17 heavy (non-hydrogen) atoms. The molecule has 0 atom stereocenters. The number of carbonyl (C=O) groups is 1. The van der Waals surface area contributed by atoms with Crippen molar-refractivity contribution in [3.63, 3.8) is 0 Å². The molecule has 1 aromatic carbocycles. The lowest BCUT2D eigenvalue weighted by atomic mass is 10.0. The Morgan fingerprint density at radius 1 is 1.35 bits per heavy atom. The zero-order chi connectivity index (χ0) is 12.0. The lowest BCUT2D eigenvalue weighted by molar-refractivity contribution is 0.0698. The van der Waals surface area contributed by atoms with Crippen LogP contribution in [0.2, 0.25) is 0 Å². The summed E-state index contributed by atoms with van der Waals surface area (Å²) in [4.78, 5) is 15.6. The molecule has 0 fully saturated rings. The van der Waals surface area contributed by atoms with Crippen LogP contribution in [0.3, 0.4) is 0 Å². The first-order chi connectivity index (χ1) is 8.18. The molecule has 1 N–H and O–H groups in total. The van der Waals surface area contributed by atoms with E-state index in [9.17, 15) is 14.3 Å². The number of aryl methyl sites for hydroxylation is 1. The number of fused-ring (bicyclic) bond motifs is 2. The lowest BCUT2D eigenvalue weighted by Gasteiger charge is -2.08. The van der Waals surface area contributed by atoms with Gasteiger partial charge in [0.2, 0.25) is 0 Å². The van der Waals surface area contributed by atoms with Crippen molar-refractivity contribution in [2.24, 2.45) is 0 Å². The van der Waals surface area contributed by atoms with Crippen molar-refractivity contribution in [1.82, 2.24) is 4.98 Å². The predicted octanol–water partition coefficient (Wildman–Crippen LogP) is 2.56. The summed E-state index contributed by atoms with van der Waals surface area (Å²) in [6.45, 7) is 0. The summed E-state index contributed by atoms with van der Waals surface area (Å²) in [6.07, 6.45) is 2.34. The smallest absolute Gasteiger partial charge is 0.336 e. The van der Waals surface area contributed by atoms with Crippen molar-refractivity contribution >= 4 is 16.9 Å². The molecular formula is C13H10FNO2. The zero-order valence-corrected chi connectivity index (χ0v) is 9.03. The Kier molecular flexibility index (Phi) is 2.11. The lowest BCUT2D eigenvalue weighted by Crippen LogP contribution is -2.06. The topological polar surface area (TPSA) is 50.2 Å². The average Bonchev–Trinajstić information content (AvgIpc) is 2.74. The molecule has 1 aromatic heterocycles. The van der Waals surface area contributed by atoms with Gasteiger partial charge in [-0.3, -0.25) is 0 Å². The zero-order valence-electron chi connectivity index (χ0n) is 9.03. The van der Waals surface area contributed by atoms with Gasteiger partial charge in [-0.1, -0.05) is 12.1 Å². The van der Waals surface area contributed by atoms with Crippen LogP contribution < -0.4 is 0 Å². The summed E-state index contributed by atoms with van der Waals surface area (Å²) >= 11 is 0. The Labute approximate surface area is 96.9 Å². The second-order valence-electron chi connectivity index (χ2n) is 4.21. The van der Waals surface area contributed by atoms with Gasteiger partial charge in [0.25, 0.3) is 0 Å². The number of halogens is 1. The van der Waals surface area contributed by atoms with E-state index in [0.717, 1.165) is 30.5 Å². The number of nitrogens with zero attached hydrogens (tertiary/aromatic N) is 1. The average molecular weight is 231 g/mol. The Hall–Kier alpha value is -1.97. The molecular weight excluding hydrogens is 221 g/mol. The molecule has 1 heterocycles. The summed E-state index contributed by atoms with van der Waals surface area (Å²) in [5.74, 6) is -1.46. The highest BCUT2D eigenvalue weighted by Crippen LogP contribution is 2.30. The SMILES string of the molecule is O=C(O)c1c2c(nc3c(F)cccc13)CCC2. The highest BCUT2D eigenvalue weighted by atomic mass is 19.1. The fourth-order valence-corrected chi connectivity index (χ4v) is 2.49. The minimum atomic E-state index is -0.999. The summed E-state index contributed by atoms with van der Waals surface area (Å²) in [5, 5.41) is 9.69. The van der Waals surface area contributed by atoms with Gasteiger partial charge in [0.15, 0.2) is 0 Å². The Balaban J connectivity index is 2.49. The standard InChI is InChI=1S/C13H10FNO2/c14-9-5-1-4-8-11(13(16)17)7-3-2-6-10(7)15-12(8)9/h1,4-5H,2-3,6H2,(H,16,17). The number of rotatable bonds is 1. The second kappa shape index (κ2) is 3.52. The van der Waals surface area contributed by atoms with E-state index in [-0.39, 0.29) is 11.1 Å². The van der Waals surface area contributed by atoms with Crippen molar-refractivity contribution in [3.8, 4) is 0 Å². The first-order valence-electron chi connectivity index (χ1n) is 5.52. The van der Waals surface area contributed by atoms with Gasteiger partial charge in [-0.2, -0.15) is 0 Å². The van der Waals surface area contributed by atoms with Gasteiger partial charge >= 0.3 is 5.97 Å². The summed E-state index contributed by atoms with van der Waals surface area (Å²) < 4.78 is 13.6. The van der Waals surface area contributed by atoms with E-state index in [1.807, 2.05) is 0 Å². The van der Waals surface area contributed by atoms with Crippen LogP contribution in [-0.4, -0.2) is 16.1 Å². The minimum Gasteiger partial charge on any atom is -0.478 e. The van der Waals surface area contributed by atoms with Crippen LogP contribution >= 0.6 is 0 Å². The van der Waals surface area contributed by atoms with E-state index in [1.165, 1.54) is 12.1 Å². The van der Waals surface area contributed by atoms with Gasteiger partial charge in [0.05, 0.1) is 5.56 Å². The number of para-hydroxylation sites is 1. The van der Waals surface area contributed by atoms with Gasteiger partial charge in [-0.15, -0.1) is 0 Å². The van der Waals surface area contributed by atoms with Gasteiger partial charge in [-0.25, -0.2) is 14.2 Å². The van der Waals surface area contributed by atoms with E-state index >= 15 is 0 Å². The van der Waals surface area contributed by atoms with Crippen molar-refractivity contribution in [3.05, 3.63) is 40.8 Å². The first kappa shape index (κ1) is 10.2. The van der Waals surface area contributed by atoms with E-state index in [1.54, 1.807) is 6.07 Å². The number of benzene rings is 1. The molecule has 3 nitrogen and oxygen atoms in total. The number of carboxylic acids is 1. The number of aromatic nitrogens is 1. The van der Waals surface area contributed by atoms with Crippen LogP contribution in [0.25, 0.3) is 10.9 Å². The number of pyridine rings is 1. The van der Waals surface area contributed by atoms with Crippen molar-refractivity contribution < 1.29 is 14.3 Å². The second-order valence-corrected chi connectivity index (χ2v) is 4.21. The third-order valence-electron chi connectivity index (χ3n) is 3.21. The summed E-state index contributed by atoms with van der Waals surface area (Å²) in [7, 11) is 0. The molecule has 0 radical (unpaired) electrons. The highest BCUT2D eigenvalue weighted by Gasteiger charge is 2.24. The van der Waals surface area contributed by atoms with Gasteiger partial charge in [-0.05, 0) is 30.9 Å². The van der Waals surface area contributed by atoms with Gasteiger partial charge in [0.1, 0.15) is 11.3 Å². The van der Waals surface area contributed by atoms with Crippen LogP contribution in [0.1, 0.15) is 28.0 Å². The third kappa shape index (κ3) is 1.40. The molecule has 0 spiro atoms. The molecule has 4 heteroatoms. The highest BCUT2D eigenvalue weighted by molar-refractivity contribution is 6.04. The van der Waals surface area contributed by atoms with Gasteiger partial charge in [0, 0.05) is 11.1 Å². The molecule has 0 unspecified atom stereocenters. The van der Waals surface area contributed by atoms with E-state index in [0.29, 0.717) is 5.39 Å². The largest absolute Gasteiger partial charge is 0.478 e. The molecule has 2 aromatic rings. The maximum atomic E-state index is 13.6. The van der Waals surface area contributed by atoms with E-state index in [2.05, 4.69) is 4.98 Å². The molecule has 0 aliphatic heterocycles. The first-order valence-corrected chi connectivity index (χ1v) is 5.52. The molecule has 3 rings (SSSR count). The number of carboxylic acid groups (broad SMARTS) is 1. The molecule has 86 valence electrons. The number of aromatic carboxylic acids is 1. The fraction of sp³-hybridized carbons (Fsp3) is 0.231. The Morgan fingerprint density at radius 3 is 2.94 bits per heavy atom. The van der Waals surface area contributed by atoms with E-state index < -0.39 is 11.8 Å². The number of hydrogen-bond donors (Lipinski definition) is 1. The molecule has 0 saturated heterocycles. The third-order valence-corrected chi connectivity index (χ3v) is 3.21. The monoisotopic (exact) mass is 231 g/mol. The normalized spacial score (nSPS) is 13.9. The van der Waals surface area contributed by atoms with E-state index in [4.69, 9.17) is 0 Å². The van der Waals surface area contributed by atoms with Crippen LogP contribution in [-0.2, 0) is 12.8 Å². The van der Waals surface area contributed by atoms with Gasteiger partial charge < -0.3 is 5.11 Å². The van der Waals surface area contributed by atoms with Crippen molar-refractivity contribution in [2.45, 2.75) is 19.3 Å². The van der Waals surface area contributed by atoms with Crippen LogP contribution in [0.4, 0.5) is 4.39 Å². The number of hydrogen-bond acceptors (Lipinski definition) is 2. The Morgan fingerprint density at radius 2 is 2.18 bits per heavy atom. The summed E-state index contributed by atoms with van der Waals surface area (Å²) in [6, 6.07) is 4.45. The van der Waals surface area contributed by atoms with Crippen molar-refractivity contribution in [1.29, 1.82) is 0 Å². The van der Waals surface area contributed by atoms with Crippen LogP contribution in [0.15, 0.2) is 18.2 Å². The molecule has 0 bridgehead atoms. The molecule has 1 aliphatic rings. The fourth-order valence-electron chi connectivity index (χ4n) is 2.49. The van der Waals surface area contributed by atoms with Crippen LogP contribution in [0, 0.1) is 5.82 Å². The maximum Gasteiger partial charge on any atom is 0.336 e. The van der Waals surface area contributed by atoms with Crippen LogP contribution in [0.5, 0.6) is 0 Å². The predicted molar refractivity (Wildman–Crippen MR) is 60.7 cm³/mol. The molecule has 1 aliphatic carbocycles. The molecule has 0 amide bonds. The summed E-state index contributed by atoms with van der Waals surface area (Å²) in [5.41, 5.74) is 1.91. The maximum absolute atomic E-state index is 13.6. The van der Waals surface area contributed by atoms with Crippen molar-refractivity contribution in [2.75, 3.05) is 0 Å². The quantitative estimate of drug-likeness (QED) is 0.820. The minimum absolute atomic E-state index is 0.172.